The second kappa shape index (κ2) is 14.9. The highest BCUT2D eigenvalue weighted by Crippen LogP contribution is 2.03. The highest BCUT2D eigenvalue weighted by molar-refractivity contribution is 7.98. The molecule has 0 aromatic heterocycles. The van der Waals surface area contributed by atoms with E-state index in [0.717, 1.165) is 0 Å². The van der Waals surface area contributed by atoms with Gasteiger partial charge in [0.15, 0.2) is 0 Å². The van der Waals surface area contributed by atoms with Gasteiger partial charge in [-0.25, -0.2) is 4.79 Å². The largest absolute Gasteiger partial charge is 0.481 e. The number of amides is 3. The quantitative estimate of drug-likeness (QED) is 0.118. The van der Waals surface area contributed by atoms with Gasteiger partial charge < -0.3 is 37.0 Å². The van der Waals surface area contributed by atoms with Crippen molar-refractivity contribution in [3.05, 3.63) is 0 Å². The standard InChI is InChI=1S/C17H30N4O8S2/c1-8(22)13(16(27)19-10(17(28)29)3-4-12(23)24)21-15(26)11(7-30)20-14(25)9(18)5-6-31-2/h8-11,13,22,30H,3-7,18H2,1-2H3,(H,19,27)(H,20,25)(H,21,26)(H,23,24)(H,28,29). The zero-order valence-electron chi connectivity index (χ0n) is 17.2. The summed E-state index contributed by atoms with van der Waals surface area (Å²) in [5, 5.41) is 34.5. The number of aliphatic carboxylic acids is 2. The maximum atomic E-state index is 12.5. The molecule has 0 saturated heterocycles. The molecule has 8 N–H and O–H groups in total. The van der Waals surface area contributed by atoms with Crippen molar-refractivity contribution in [2.75, 3.05) is 17.8 Å². The number of nitrogens with two attached hydrogens (primary N) is 1. The average molecular weight is 483 g/mol. The van der Waals surface area contributed by atoms with E-state index in [-0.39, 0.29) is 12.2 Å². The van der Waals surface area contributed by atoms with Crippen LogP contribution in [0.25, 0.3) is 0 Å². The molecule has 0 bridgehead atoms. The van der Waals surface area contributed by atoms with Crippen LogP contribution in [0.3, 0.4) is 0 Å². The van der Waals surface area contributed by atoms with Gasteiger partial charge in [0.1, 0.15) is 18.1 Å². The predicted molar refractivity (Wildman–Crippen MR) is 117 cm³/mol. The molecule has 0 aliphatic rings. The molecule has 12 nitrogen and oxygen atoms in total. The number of aliphatic hydroxyl groups excluding tert-OH is 1. The van der Waals surface area contributed by atoms with Gasteiger partial charge in [0, 0.05) is 12.2 Å². The van der Waals surface area contributed by atoms with Crippen LogP contribution < -0.4 is 21.7 Å². The second-order valence-electron chi connectivity index (χ2n) is 6.69. The smallest absolute Gasteiger partial charge is 0.326 e. The molecule has 0 fully saturated rings. The topological polar surface area (TPSA) is 208 Å². The maximum Gasteiger partial charge on any atom is 0.326 e. The van der Waals surface area contributed by atoms with Gasteiger partial charge in [-0.15, -0.1) is 0 Å². The Balaban J connectivity index is 5.13. The second-order valence-corrected chi connectivity index (χ2v) is 8.04. The van der Waals surface area contributed by atoms with Crippen molar-refractivity contribution >= 4 is 54.1 Å². The lowest BCUT2D eigenvalue weighted by Gasteiger charge is -2.26. The summed E-state index contributed by atoms with van der Waals surface area (Å²) in [6.45, 7) is 1.20. The Hall–Kier alpha value is -2.03. The van der Waals surface area contributed by atoms with Crippen molar-refractivity contribution in [1.29, 1.82) is 0 Å². The number of aliphatic hydroxyl groups is 1. The van der Waals surface area contributed by atoms with E-state index in [2.05, 4.69) is 28.6 Å². The summed E-state index contributed by atoms with van der Waals surface area (Å²) < 4.78 is 0. The van der Waals surface area contributed by atoms with E-state index in [9.17, 15) is 29.1 Å². The highest BCUT2D eigenvalue weighted by atomic mass is 32.2. The fraction of sp³-hybridized carbons (Fsp3) is 0.706. The summed E-state index contributed by atoms with van der Waals surface area (Å²) in [4.78, 5) is 58.9. The Morgan fingerprint density at radius 2 is 1.55 bits per heavy atom. The third-order valence-corrected chi connectivity index (χ3v) is 5.12. The van der Waals surface area contributed by atoms with Crippen LogP contribution in [0.5, 0.6) is 0 Å². The summed E-state index contributed by atoms with van der Waals surface area (Å²) >= 11 is 5.51. The van der Waals surface area contributed by atoms with Gasteiger partial charge in [-0.1, -0.05) is 0 Å². The van der Waals surface area contributed by atoms with Crippen molar-refractivity contribution in [3.8, 4) is 0 Å². The lowest BCUT2D eigenvalue weighted by Crippen LogP contribution is -2.60. The van der Waals surface area contributed by atoms with Gasteiger partial charge in [0.2, 0.25) is 17.7 Å². The predicted octanol–water partition coefficient (Wildman–Crippen LogP) is -2.22. The normalized spacial score (nSPS) is 15.6. The number of carboxylic acids is 2. The molecule has 0 aliphatic heterocycles. The SMILES string of the molecule is CSCCC(N)C(=O)NC(CS)C(=O)NC(C(=O)NC(CCC(=O)O)C(=O)O)C(C)O. The molecular weight excluding hydrogens is 452 g/mol. The van der Waals surface area contributed by atoms with E-state index in [1.165, 1.54) is 18.7 Å². The van der Waals surface area contributed by atoms with E-state index in [4.69, 9.17) is 15.9 Å². The number of nitrogens with one attached hydrogen (secondary N) is 3. The van der Waals surface area contributed by atoms with Gasteiger partial charge in [-0.2, -0.15) is 24.4 Å². The molecule has 31 heavy (non-hydrogen) atoms. The van der Waals surface area contributed by atoms with Crippen LogP contribution >= 0.6 is 24.4 Å². The molecule has 0 aromatic carbocycles. The molecule has 0 saturated carbocycles. The molecule has 3 amide bonds. The molecular formula is C17H30N4O8S2. The minimum atomic E-state index is -1.55. The number of carbonyl (C=O) groups is 5. The van der Waals surface area contributed by atoms with Crippen LogP contribution in [0.4, 0.5) is 0 Å². The van der Waals surface area contributed by atoms with Crippen LogP contribution in [0, 0.1) is 0 Å². The Bertz CT molecular complexity index is 650. The Kier molecular flexibility index (Phi) is 13.9. The first-order valence-electron chi connectivity index (χ1n) is 9.33. The zero-order valence-corrected chi connectivity index (χ0v) is 18.9. The van der Waals surface area contributed by atoms with Crippen LogP contribution in [0.2, 0.25) is 0 Å². The van der Waals surface area contributed by atoms with Crippen LogP contribution in [-0.4, -0.2) is 93.0 Å². The van der Waals surface area contributed by atoms with Crippen molar-refractivity contribution in [1.82, 2.24) is 16.0 Å². The van der Waals surface area contributed by atoms with Gasteiger partial charge in [0.25, 0.3) is 0 Å². The van der Waals surface area contributed by atoms with Crippen LogP contribution in [0.15, 0.2) is 0 Å². The number of carbonyl (C=O) groups excluding carboxylic acids is 3. The fourth-order valence-corrected chi connectivity index (χ4v) is 3.04. The van der Waals surface area contributed by atoms with Crippen molar-refractivity contribution in [2.45, 2.75) is 56.5 Å². The average Bonchev–Trinajstić information content (AvgIpc) is 2.69. The van der Waals surface area contributed by atoms with E-state index in [1.54, 1.807) is 0 Å². The zero-order chi connectivity index (χ0) is 24.1. The first-order valence-corrected chi connectivity index (χ1v) is 11.4. The monoisotopic (exact) mass is 482 g/mol. The summed E-state index contributed by atoms with van der Waals surface area (Å²) in [6.07, 6.45) is -0.0717. The molecule has 0 heterocycles. The summed E-state index contributed by atoms with van der Waals surface area (Å²) in [5.74, 6) is -4.64. The van der Waals surface area contributed by atoms with E-state index >= 15 is 0 Å². The van der Waals surface area contributed by atoms with Crippen molar-refractivity contribution in [2.24, 2.45) is 5.73 Å². The molecule has 0 aromatic rings. The first-order chi connectivity index (χ1) is 14.4. The number of carboxylic acid groups (broad SMARTS) is 2. The van der Waals surface area contributed by atoms with Crippen molar-refractivity contribution in [3.63, 3.8) is 0 Å². The van der Waals surface area contributed by atoms with Crippen LogP contribution in [0.1, 0.15) is 26.2 Å². The van der Waals surface area contributed by atoms with Gasteiger partial charge in [-0.05, 0) is 31.8 Å². The molecule has 0 radical (unpaired) electrons. The van der Waals surface area contributed by atoms with E-state index in [1.807, 2.05) is 6.26 Å². The molecule has 0 rings (SSSR count). The summed E-state index contributed by atoms with van der Waals surface area (Å²) in [5.41, 5.74) is 5.75. The van der Waals surface area contributed by atoms with Crippen LogP contribution in [-0.2, 0) is 24.0 Å². The van der Waals surface area contributed by atoms with E-state index < -0.39 is 66.4 Å². The minimum absolute atomic E-state index is 0.128. The number of thioether (sulfide) groups is 1. The van der Waals surface area contributed by atoms with Crippen molar-refractivity contribution < 1.29 is 39.3 Å². The molecule has 0 spiro atoms. The first kappa shape index (κ1) is 29.0. The maximum absolute atomic E-state index is 12.5. The number of thiol groups is 1. The Morgan fingerprint density at radius 3 is 2.00 bits per heavy atom. The molecule has 5 atom stereocenters. The minimum Gasteiger partial charge on any atom is -0.481 e. The third kappa shape index (κ3) is 11.2. The molecule has 0 aliphatic carbocycles. The van der Waals surface area contributed by atoms with Gasteiger partial charge in [0.05, 0.1) is 12.1 Å². The summed E-state index contributed by atoms with van der Waals surface area (Å²) in [6, 6.07) is -5.09. The molecule has 178 valence electrons. The third-order valence-electron chi connectivity index (χ3n) is 4.11. The Labute approximate surface area is 189 Å². The fourth-order valence-electron chi connectivity index (χ4n) is 2.29. The lowest BCUT2D eigenvalue weighted by molar-refractivity contribution is -0.144. The highest BCUT2D eigenvalue weighted by Gasteiger charge is 2.32. The number of hydrogen-bond acceptors (Lipinski definition) is 9. The number of rotatable bonds is 15. The lowest BCUT2D eigenvalue weighted by atomic mass is 10.1. The summed E-state index contributed by atoms with van der Waals surface area (Å²) in [7, 11) is 0. The van der Waals surface area contributed by atoms with Gasteiger partial charge >= 0.3 is 11.9 Å². The Morgan fingerprint density at radius 1 is 0.968 bits per heavy atom. The molecule has 14 heteroatoms. The number of hydrogen-bond donors (Lipinski definition) is 8. The molecule has 5 unspecified atom stereocenters. The van der Waals surface area contributed by atoms with Gasteiger partial charge in [-0.3, -0.25) is 19.2 Å². The van der Waals surface area contributed by atoms with E-state index in [0.29, 0.717) is 12.2 Å².